The Morgan fingerprint density at radius 2 is 0.736 bits per heavy atom. The first-order valence-electron chi connectivity index (χ1n) is 36.7. The SMILES string of the molecule is CCCCCCCCCC/C=C\CCCCCCCCCCCCCCCCCCCCCCCCCC(=O)NC(COC1OC(CO)C(OC2OC(CO)C(O)C(O)C2O)C(O)C1O)C(O)/C=C/CC/C=C/CCCCCCCCCCCCCC. The van der Waals surface area contributed by atoms with Crippen LogP contribution in [0.5, 0.6) is 0 Å². The minimum absolute atomic E-state index is 0.243. The molecule has 0 radical (unpaired) electrons. The van der Waals surface area contributed by atoms with Crippen molar-refractivity contribution >= 4 is 5.91 Å². The van der Waals surface area contributed by atoms with E-state index in [1.165, 1.54) is 263 Å². The van der Waals surface area contributed by atoms with Crippen molar-refractivity contribution < 1.29 is 64.6 Å². The number of aliphatic hydroxyl groups is 8. The highest BCUT2D eigenvalue weighted by Gasteiger charge is 2.51. The molecule has 14 nitrogen and oxygen atoms in total. The molecule has 0 spiro atoms. The Kier molecular flexibility index (Phi) is 54.3. The van der Waals surface area contributed by atoms with Gasteiger partial charge < -0.3 is 65.1 Å². The molecule has 14 heteroatoms. The van der Waals surface area contributed by atoms with Gasteiger partial charge in [0.1, 0.15) is 48.8 Å². The molecular formula is C73H137NO13. The summed E-state index contributed by atoms with van der Waals surface area (Å²) in [7, 11) is 0. The van der Waals surface area contributed by atoms with Gasteiger partial charge in [-0.2, -0.15) is 0 Å². The van der Waals surface area contributed by atoms with Gasteiger partial charge in [0.15, 0.2) is 12.6 Å². The molecule has 12 atom stereocenters. The zero-order chi connectivity index (χ0) is 63.1. The summed E-state index contributed by atoms with van der Waals surface area (Å²) < 4.78 is 22.8. The summed E-state index contributed by atoms with van der Waals surface area (Å²) >= 11 is 0. The predicted molar refractivity (Wildman–Crippen MR) is 355 cm³/mol. The Bertz CT molecular complexity index is 1600. The Labute approximate surface area is 531 Å². The molecule has 2 rings (SSSR count). The van der Waals surface area contributed by atoms with Crippen LogP contribution in [0.25, 0.3) is 0 Å². The summed E-state index contributed by atoms with van der Waals surface area (Å²) in [5.74, 6) is -0.243. The molecule has 2 saturated heterocycles. The molecule has 2 heterocycles. The second-order valence-electron chi connectivity index (χ2n) is 26.1. The van der Waals surface area contributed by atoms with Gasteiger partial charge in [-0.1, -0.05) is 301 Å². The molecule has 2 aliphatic rings. The number of allylic oxidation sites excluding steroid dienone is 5. The number of carbonyl (C=O) groups is 1. The van der Waals surface area contributed by atoms with Crippen LogP contribution in [-0.2, 0) is 23.7 Å². The van der Waals surface area contributed by atoms with Crippen molar-refractivity contribution in [1.82, 2.24) is 5.32 Å². The van der Waals surface area contributed by atoms with Crippen molar-refractivity contribution in [3.8, 4) is 0 Å². The fourth-order valence-corrected chi connectivity index (χ4v) is 12.2. The summed E-state index contributed by atoms with van der Waals surface area (Å²) in [6.07, 6.45) is 58.0. The van der Waals surface area contributed by atoms with Crippen molar-refractivity contribution in [2.75, 3.05) is 19.8 Å². The molecule has 512 valence electrons. The second-order valence-corrected chi connectivity index (χ2v) is 26.1. The van der Waals surface area contributed by atoms with Gasteiger partial charge in [0.05, 0.1) is 32.0 Å². The molecule has 1 amide bonds. The molecule has 0 bridgehead atoms. The van der Waals surface area contributed by atoms with Crippen molar-refractivity contribution in [2.45, 2.75) is 402 Å². The molecule has 2 aliphatic heterocycles. The lowest BCUT2D eigenvalue weighted by atomic mass is 9.97. The first kappa shape index (κ1) is 81.3. The van der Waals surface area contributed by atoms with Crippen LogP contribution in [0.3, 0.4) is 0 Å². The van der Waals surface area contributed by atoms with Crippen LogP contribution < -0.4 is 5.32 Å². The minimum Gasteiger partial charge on any atom is -0.394 e. The lowest BCUT2D eigenvalue weighted by Crippen LogP contribution is -2.65. The summed E-state index contributed by atoms with van der Waals surface area (Å²) in [6, 6.07) is -0.930. The van der Waals surface area contributed by atoms with E-state index in [4.69, 9.17) is 18.9 Å². The van der Waals surface area contributed by atoms with Gasteiger partial charge in [-0.3, -0.25) is 4.79 Å². The zero-order valence-electron chi connectivity index (χ0n) is 55.8. The van der Waals surface area contributed by atoms with E-state index in [1.807, 2.05) is 6.08 Å². The summed E-state index contributed by atoms with van der Waals surface area (Å²) in [5.41, 5.74) is 0. The van der Waals surface area contributed by atoms with Crippen LogP contribution in [0, 0.1) is 0 Å². The maximum Gasteiger partial charge on any atom is 0.220 e. The largest absolute Gasteiger partial charge is 0.394 e. The zero-order valence-corrected chi connectivity index (χ0v) is 55.8. The summed E-state index contributed by atoms with van der Waals surface area (Å²) in [6.45, 7) is 2.82. The van der Waals surface area contributed by atoms with Crippen LogP contribution in [0.4, 0.5) is 0 Å². The van der Waals surface area contributed by atoms with Crippen LogP contribution in [0.15, 0.2) is 36.5 Å². The molecule has 12 unspecified atom stereocenters. The van der Waals surface area contributed by atoms with E-state index in [-0.39, 0.29) is 18.9 Å². The number of nitrogens with one attached hydrogen (secondary N) is 1. The molecule has 87 heavy (non-hydrogen) atoms. The van der Waals surface area contributed by atoms with Crippen molar-refractivity contribution in [2.24, 2.45) is 0 Å². The van der Waals surface area contributed by atoms with E-state index < -0.39 is 86.8 Å². The van der Waals surface area contributed by atoms with Crippen LogP contribution in [0.1, 0.15) is 328 Å². The van der Waals surface area contributed by atoms with Gasteiger partial charge in [0, 0.05) is 6.42 Å². The van der Waals surface area contributed by atoms with E-state index in [1.54, 1.807) is 6.08 Å². The number of unbranched alkanes of at least 4 members (excludes halogenated alkanes) is 44. The third-order valence-electron chi connectivity index (χ3n) is 18.0. The highest BCUT2D eigenvalue weighted by Crippen LogP contribution is 2.30. The van der Waals surface area contributed by atoms with E-state index in [2.05, 4.69) is 43.5 Å². The van der Waals surface area contributed by atoms with Gasteiger partial charge in [-0.25, -0.2) is 0 Å². The molecule has 9 N–H and O–H groups in total. The topological polar surface area (TPSA) is 228 Å². The lowest BCUT2D eigenvalue weighted by molar-refractivity contribution is -0.359. The van der Waals surface area contributed by atoms with E-state index >= 15 is 0 Å². The normalized spacial score (nSPS) is 23.4. The maximum atomic E-state index is 13.3. The summed E-state index contributed by atoms with van der Waals surface area (Å²) in [5, 5.41) is 87.4. The lowest BCUT2D eigenvalue weighted by Gasteiger charge is -2.46. The fourth-order valence-electron chi connectivity index (χ4n) is 12.2. The third kappa shape index (κ3) is 42.1. The van der Waals surface area contributed by atoms with Crippen LogP contribution in [-0.4, -0.2) is 140 Å². The smallest absolute Gasteiger partial charge is 0.220 e. The molecule has 0 saturated carbocycles. The highest BCUT2D eigenvalue weighted by atomic mass is 16.7. The number of aliphatic hydroxyl groups excluding tert-OH is 8. The molecule has 0 aromatic rings. The highest BCUT2D eigenvalue weighted by molar-refractivity contribution is 5.76. The third-order valence-corrected chi connectivity index (χ3v) is 18.0. The standard InChI is InChI=1S/C73H137NO13/c1-3-5-7-9-11-13-15-17-19-21-23-24-25-26-27-28-29-30-31-32-33-34-35-36-37-38-39-41-43-45-47-49-51-53-55-57-65(78)74-61(62(77)56-54-52-50-48-46-44-42-40-22-20-18-16-14-12-10-8-6-4-2)60-84-72-70(83)68(81)71(64(59-76)86-72)87-73-69(82)67(80)66(79)63(58-75)85-73/h21,23,46,48,54,56,61-64,66-73,75-77,79-83H,3-20,22,24-45,47,49-53,55,57-60H2,1-2H3,(H,74,78)/b23-21-,48-46+,56-54+. The molecule has 0 aromatic carbocycles. The Morgan fingerprint density at radius 1 is 0.402 bits per heavy atom. The van der Waals surface area contributed by atoms with Crippen LogP contribution in [0.2, 0.25) is 0 Å². The quantitative estimate of drug-likeness (QED) is 0.0204. The average Bonchev–Trinajstić information content (AvgIpc) is 3.71. The minimum atomic E-state index is -1.79. The van der Waals surface area contributed by atoms with Gasteiger partial charge >= 0.3 is 0 Å². The first-order chi connectivity index (χ1) is 42.6. The second kappa shape index (κ2) is 58.1. The Hall–Kier alpha value is -1.79. The summed E-state index contributed by atoms with van der Waals surface area (Å²) in [4.78, 5) is 13.3. The van der Waals surface area contributed by atoms with E-state index in [0.717, 1.165) is 32.1 Å². The number of carbonyl (C=O) groups excluding carboxylic acids is 1. The number of ether oxygens (including phenoxy) is 4. The van der Waals surface area contributed by atoms with Gasteiger partial charge in [-0.05, 0) is 57.8 Å². The fraction of sp³-hybridized carbons (Fsp3) is 0.904. The van der Waals surface area contributed by atoms with E-state index in [9.17, 15) is 45.6 Å². The Balaban J connectivity index is 1.61. The van der Waals surface area contributed by atoms with E-state index in [0.29, 0.717) is 12.8 Å². The van der Waals surface area contributed by atoms with Gasteiger partial charge in [-0.15, -0.1) is 0 Å². The molecule has 2 fully saturated rings. The number of hydrogen-bond donors (Lipinski definition) is 9. The van der Waals surface area contributed by atoms with Gasteiger partial charge in [0.2, 0.25) is 5.91 Å². The number of rotatable bonds is 61. The first-order valence-corrected chi connectivity index (χ1v) is 36.7. The molecular weight excluding hydrogens is 1100 g/mol. The number of amides is 1. The number of hydrogen-bond acceptors (Lipinski definition) is 13. The van der Waals surface area contributed by atoms with Crippen molar-refractivity contribution in [1.29, 1.82) is 0 Å². The average molecular weight is 1240 g/mol. The van der Waals surface area contributed by atoms with Gasteiger partial charge in [0.25, 0.3) is 0 Å². The Morgan fingerprint density at radius 3 is 1.13 bits per heavy atom. The molecule has 0 aromatic heterocycles. The van der Waals surface area contributed by atoms with Crippen molar-refractivity contribution in [3.63, 3.8) is 0 Å². The monoisotopic (exact) mass is 1240 g/mol. The van der Waals surface area contributed by atoms with Crippen molar-refractivity contribution in [3.05, 3.63) is 36.5 Å². The predicted octanol–water partition coefficient (Wildman–Crippen LogP) is 15.3. The maximum absolute atomic E-state index is 13.3. The molecule has 0 aliphatic carbocycles. The van der Waals surface area contributed by atoms with Crippen LogP contribution >= 0.6 is 0 Å².